The van der Waals surface area contributed by atoms with Crippen LogP contribution < -0.4 is 4.74 Å². The molecule has 0 saturated carbocycles. The zero-order chi connectivity index (χ0) is 8.93. The second-order valence-corrected chi connectivity index (χ2v) is 2.90. The van der Waals surface area contributed by atoms with E-state index in [-0.39, 0.29) is 0 Å². The number of ether oxygens (including phenoxy) is 3. The number of rotatable bonds is 5. The van der Waals surface area contributed by atoms with Gasteiger partial charge in [-0.1, -0.05) is 18.2 Å². The van der Waals surface area contributed by atoms with Gasteiger partial charge in [-0.25, -0.2) is 0 Å². The Kier molecular flexibility index (Phi) is 2.79. The zero-order valence-electron chi connectivity index (χ0n) is 7.31. The van der Waals surface area contributed by atoms with Gasteiger partial charge in [-0.2, -0.15) is 0 Å². The Balaban J connectivity index is 1.61. The summed E-state index contributed by atoms with van der Waals surface area (Å²) < 4.78 is 15.5. The van der Waals surface area contributed by atoms with Crippen molar-refractivity contribution in [1.29, 1.82) is 0 Å². The molecule has 1 atom stereocenters. The summed E-state index contributed by atoms with van der Waals surface area (Å²) >= 11 is 0. The van der Waals surface area contributed by atoms with Crippen LogP contribution >= 0.6 is 0 Å². The van der Waals surface area contributed by atoms with Gasteiger partial charge >= 0.3 is 0 Å². The van der Waals surface area contributed by atoms with Crippen LogP contribution in [0.4, 0.5) is 0 Å². The molecule has 1 aromatic rings. The highest BCUT2D eigenvalue weighted by atomic mass is 16.7. The molecule has 0 aliphatic carbocycles. The van der Waals surface area contributed by atoms with Crippen LogP contribution in [0, 0.1) is 0 Å². The van der Waals surface area contributed by atoms with Crippen LogP contribution in [0.15, 0.2) is 30.3 Å². The van der Waals surface area contributed by atoms with Gasteiger partial charge in [0.15, 0.2) is 6.79 Å². The molecule has 1 aromatic carbocycles. The van der Waals surface area contributed by atoms with E-state index in [2.05, 4.69) is 0 Å². The summed E-state index contributed by atoms with van der Waals surface area (Å²) in [7, 11) is 0. The third-order valence-electron chi connectivity index (χ3n) is 1.76. The van der Waals surface area contributed by atoms with E-state index in [4.69, 9.17) is 14.2 Å². The molecule has 1 aliphatic rings. The van der Waals surface area contributed by atoms with Crippen molar-refractivity contribution >= 4 is 0 Å². The number of para-hydroxylation sites is 1. The largest absolute Gasteiger partial charge is 0.468 e. The van der Waals surface area contributed by atoms with Crippen molar-refractivity contribution in [3.05, 3.63) is 30.3 Å². The van der Waals surface area contributed by atoms with E-state index in [1.54, 1.807) is 0 Å². The normalized spacial score (nSPS) is 19.8. The molecule has 0 unspecified atom stereocenters. The molecule has 0 aromatic heterocycles. The van der Waals surface area contributed by atoms with Crippen LogP contribution in [-0.2, 0) is 9.47 Å². The quantitative estimate of drug-likeness (QED) is 0.390. The summed E-state index contributed by atoms with van der Waals surface area (Å²) in [6.07, 6.45) is 0.305. The van der Waals surface area contributed by atoms with Crippen LogP contribution in [0.5, 0.6) is 5.75 Å². The lowest BCUT2D eigenvalue weighted by atomic mass is 10.3. The van der Waals surface area contributed by atoms with Crippen molar-refractivity contribution in [3.63, 3.8) is 0 Å². The van der Waals surface area contributed by atoms with Gasteiger partial charge in [0.1, 0.15) is 11.9 Å². The van der Waals surface area contributed by atoms with Gasteiger partial charge in [-0.05, 0) is 12.1 Å². The van der Waals surface area contributed by atoms with Gasteiger partial charge in [0, 0.05) is 0 Å². The molecule has 1 heterocycles. The van der Waals surface area contributed by atoms with Crippen LogP contribution in [0.3, 0.4) is 0 Å². The fourth-order valence-corrected chi connectivity index (χ4v) is 0.970. The molecular formula is C10H12O3. The molecule has 2 rings (SSSR count). The minimum atomic E-state index is 0.296. The standard InChI is InChI=1S/C10H12O3/c1-2-4-9(5-3-1)13-8-11-6-10-7-12-10/h1-5,10H,6-8H2/t10-/m1/s1. The fourth-order valence-electron chi connectivity index (χ4n) is 0.970. The molecule has 0 N–H and O–H groups in total. The average Bonchev–Trinajstić information content (AvgIpc) is 2.98. The maximum absolute atomic E-state index is 5.31. The molecule has 0 spiro atoms. The van der Waals surface area contributed by atoms with E-state index in [9.17, 15) is 0 Å². The van der Waals surface area contributed by atoms with Crippen LogP contribution in [0.1, 0.15) is 0 Å². The molecular weight excluding hydrogens is 168 g/mol. The summed E-state index contributed by atoms with van der Waals surface area (Å²) in [6, 6.07) is 9.61. The summed E-state index contributed by atoms with van der Waals surface area (Å²) in [4.78, 5) is 0. The Bertz CT molecular complexity index is 244. The molecule has 0 amide bonds. The monoisotopic (exact) mass is 180 g/mol. The molecule has 1 fully saturated rings. The Morgan fingerprint density at radius 1 is 1.31 bits per heavy atom. The van der Waals surface area contributed by atoms with Crippen molar-refractivity contribution in [1.82, 2.24) is 0 Å². The summed E-state index contributed by atoms with van der Waals surface area (Å²) in [5, 5.41) is 0. The van der Waals surface area contributed by atoms with Crippen molar-refractivity contribution in [2.24, 2.45) is 0 Å². The second-order valence-electron chi connectivity index (χ2n) is 2.90. The zero-order valence-corrected chi connectivity index (χ0v) is 7.31. The van der Waals surface area contributed by atoms with Crippen molar-refractivity contribution < 1.29 is 14.2 Å². The second kappa shape index (κ2) is 4.25. The van der Waals surface area contributed by atoms with E-state index < -0.39 is 0 Å². The molecule has 3 nitrogen and oxygen atoms in total. The average molecular weight is 180 g/mol. The number of benzene rings is 1. The molecule has 1 aliphatic heterocycles. The van der Waals surface area contributed by atoms with Gasteiger partial charge in [-0.3, -0.25) is 0 Å². The first-order chi connectivity index (χ1) is 6.45. The first-order valence-electron chi connectivity index (χ1n) is 4.32. The van der Waals surface area contributed by atoms with E-state index in [0.29, 0.717) is 19.5 Å². The minimum Gasteiger partial charge on any atom is -0.468 e. The SMILES string of the molecule is c1ccc(OCOC[C@@H]2CO2)cc1. The predicted octanol–water partition coefficient (Wildman–Crippen LogP) is 1.44. The fraction of sp³-hybridized carbons (Fsp3) is 0.400. The smallest absolute Gasteiger partial charge is 0.189 e. The lowest BCUT2D eigenvalue weighted by Crippen LogP contribution is -2.07. The molecule has 13 heavy (non-hydrogen) atoms. The van der Waals surface area contributed by atoms with Crippen LogP contribution in [0.25, 0.3) is 0 Å². The molecule has 3 heteroatoms. The van der Waals surface area contributed by atoms with Gasteiger partial charge in [0.25, 0.3) is 0 Å². The number of hydrogen-bond donors (Lipinski definition) is 0. The minimum absolute atomic E-state index is 0.296. The van der Waals surface area contributed by atoms with E-state index >= 15 is 0 Å². The maximum atomic E-state index is 5.31. The third kappa shape index (κ3) is 3.05. The molecule has 1 saturated heterocycles. The maximum Gasteiger partial charge on any atom is 0.189 e. The summed E-state index contributed by atoms with van der Waals surface area (Å²) in [5.74, 6) is 0.833. The van der Waals surface area contributed by atoms with Crippen molar-refractivity contribution in [2.75, 3.05) is 20.0 Å². The van der Waals surface area contributed by atoms with Gasteiger partial charge < -0.3 is 14.2 Å². The first kappa shape index (κ1) is 8.53. The van der Waals surface area contributed by atoms with Crippen LogP contribution in [0.2, 0.25) is 0 Å². The van der Waals surface area contributed by atoms with Gasteiger partial charge in [-0.15, -0.1) is 0 Å². The highest BCUT2D eigenvalue weighted by molar-refractivity contribution is 5.20. The Labute approximate surface area is 77.2 Å². The highest BCUT2D eigenvalue weighted by Gasteiger charge is 2.22. The summed E-state index contributed by atoms with van der Waals surface area (Å²) in [6.45, 7) is 1.75. The number of epoxide rings is 1. The third-order valence-corrected chi connectivity index (χ3v) is 1.76. The Morgan fingerprint density at radius 3 is 2.77 bits per heavy atom. The lowest BCUT2D eigenvalue weighted by molar-refractivity contribution is 0.00822. The molecule has 0 bridgehead atoms. The van der Waals surface area contributed by atoms with Gasteiger partial charge in [0.05, 0.1) is 13.2 Å². The topological polar surface area (TPSA) is 31.0 Å². The number of hydrogen-bond acceptors (Lipinski definition) is 3. The molecule has 70 valence electrons. The van der Waals surface area contributed by atoms with Gasteiger partial charge in [0.2, 0.25) is 0 Å². The first-order valence-corrected chi connectivity index (χ1v) is 4.32. The Hall–Kier alpha value is -1.06. The van der Waals surface area contributed by atoms with E-state index in [0.717, 1.165) is 12.4 Å². The van der Waals surface area contributed by atoms with E-state index in [1.807, 2.05) is 30.3 Å². The van der Waals surface area contributed by atoms with Crippen molar-refractivity contribution in [3.8, 4) is 5.75 Å². The highest BCUT2D eigenvalue weighted by Crippen LogP contribution is 2.10. The predicted molar refractivity (Wildman–Crippen MR) is 47.6 cm³/mol. The summed E-state index contributed by atoms with van der Waals surface area (Å²) in [5.41, 5.74) is 0. The van der Waals surface area contributed by atoms with E-state index in [1.165, 1.54) is 0 Å². The van der Waals surface area contributed by atoms with Crippen LogP contribution in [-0.4, -0.2) is 26.1 Å². The lowest BCUT2D eigenvalue weighted by Gasteiger charge is -2.05. The Morgan fingerprint density at radius 2 is 2.08 bits per heavy atom. The molecule has 0 radical (unpaired) electrons. The van der Waals surface area contributed by atoms with Crippen molar-refractivity contribution in [2.45, 2.75) is 6.10 Å².